The highest BCUT2D eigenvalue weighted by Crippen LogP contribution is 2.43. The van der Waals surface area contributed by atoms with Crippen LogP contribution in [0, 0.1) is 5.41 Å². The van der Waals surface area contributed by atoms with Crippen LogP contribution in [0.25, 0.3) is 0 Å². The van der Waals surface area contributed by atoms with E-state index in [4.69, 9.17) is 11.6 Å². The van der Waals surface area contributed by atoms with Gasteiger partial charge in [0.25, 0.3) is 11.5 Å². The number of amides is 1. The second-order valence-corrected chi connectivity index (χ2v) is 11.5. The third kappa shape index (κ3) is 8.41. The van der Waals surface area contributed by atoms with Gasteiger partial charge in [0.15, 0.2) is 0 Å². The molecule has 212 valence electrons. The Morgan fingerprint density at radius 3 is 2.47 bits per heavy atom. The first-order valence-corrected chi connectivity index (χ1v) is 14.6. The SMILES string of the molecule is C=CC/C(Cl)=C\C(=CCCC)CC1(Cc2nc(=O)c(CO)c(C(=O)N(C)C(C)CC)n2C)CCCCCC1. The number of aliphatic hydroxyl groups is 1. The molecule has 1 aliphatic rings. The van der Waals surface area contributed by atoms with E-state index in [1.807, 2.05) is 19.9 Å². The molecule has 0 aliphatic heterocycles. The van der Waals surface area contributed by atoms with Crippen LogP contribution in [0.15, 0.2) is 40.2 Å². The van der Waals surface area contributed by atoms with Crippen molar-refractivity contribution in [2.24, 2.45) is 12.5 Å². The highest BCUT2D eigenvalue weighted by molar-refractivity contribution is 6.29. The van der Waals surface area contributed by atoms with Gasteiger partial charge in [-0.1, -0.05) is 75.3 Å². The minimum atomic E-state index is -0.517. The number of rotatable bonds is 13. The highest BCUT2D eigenvalue weighted by atomic mass is 35.5. The van der Waals surface area contributed by atoms with Crippen LogP contribution < -0.4 is 5.56 Å². The largest absolute Gasteiger partial charge is 0.391 e. The Hall–Kier alpha value is -2.18. The summed E-state index contributed by atoms with van der Waals surface area (Å²) >= 11 is 6.54. The Kier molecular flexibility index (Phi) is 13.0. The van der Waals surface area contributed by atoms with Crippen molar-refractivity contribution in [3.63, 3.8) is 0 Å². The van der Waals surface area contributed by atoms with Gasteiger partial charge in [0, 0.05) is 38.0 Å². The van der Waals surface area contributed by atoms with Gasteiger partial charge in [-0.2, -0.15) is 4.98 Å². The molecule has 0 aromatic carbocycles. The summed E-state index contributed by atoms with van der Waals surface area (Å²) in [6, 6.07) is 0.00678. The van der Waals surface area contributed by atoms with Gasteiger partial charge >= 0.3 is 0 Å². The summed E-state index contributed by atoms with van der Waals surface area (Å²) in [5, 5.41) is 10.8. The third-order valence-electron chi connectivity index (χ3n) is 8.08. The fourth-order valence-corrected chi connectivity index (χ4v) is 5.73. The molecule has 1 atom stereocenters. The first-order valence-electron chi connectivity index (χ1n) is 14.3. The minimum Gasteiger partial charge on any atom is -0.391 e. The van der Waals surface area contributed by atoms with E-state index in [1.54, 1.807) is 23.6 Å². The average Bonchev–Trinajstić information content (AvgIpc) is 3.13. The van der Waals surface area contributed by atoms with E-state index in [1.165, 1.54) is 18.4 Å². The summed E-state index contributed by atoms with van der Waals surface area (Å²) in [4.78, 5) is 32.7. The van der Waals surface area contributed by atoms with Crippen molar-refractivity contribution in [2.75, 3.05) is 7.05 Å². The van der Waals surface area contributed by atoms with Crippen molar-refractivity contribution in [3.8, 4) is 0 Å². The van der Waals surface area contributed by atoms with Crippen molar-refractivity contribution in [1.29, 1.82) is 0 Å². The fraction of sp³-hybridized carbons (Fsp3) is 0.645. The molecular formula is C31H48ClN3O3. The zero-order chi connectivity index (χ0) is 28.3. The molecule has 1 amide bonds. The molecule has 1 saturated carbocycles. The van der Waals surface area contributed by atoms with Crippen LogP contribution in [0.3, 0.4) is 0 Å². The number of aromatic nitrogens is 2. The summed E-state index contributed by atoms with van der Waals surface area (Å²) in [5.41, 5.74) is 0.906. The van der Waals surface area contributed by atoms with Crippen molar-refractivity contribution >= 4 is 17.5 Å². The predicted molar refractivity (Wildman–Crippen MR) is 157 cm³/mol. The fourth-order valence-electron chi connectivity index (χ4n) is 5.48. The molecule has 1 unspecified atom stereocenters. The van der Waals surface area contributed by atoms with Crippen molar-refractivity contribution in [2.45, 2.75) is 110 Å². The van der Waals surface area contributed by atoms with Gasteiger partial charge in [0.05, 0.1) is 12.2 Å². The molecule has 1 aromatic rings. The maximum atomic E-state index is 13.5. The molecule has 1 fully saturated rings. The van der Waals surface area contributed by atoms with Gasteiger partial charge in [0.2, 0.25) is 0 Å². The Morgan fingerprint density at radius 2 is 1.92 bits per heavy atom. The van der Waals surface area contributed by atoms with Crippen LogP contribution >= 0.6 is 11.6 Å². The molecule has 2 rings (SSSR count). The number of aliphatic hydroxyl groups excluding tert-OH is 1. The molecule has 0 radical (unpaired) electrons. The van der Waals surface area contributed by atoms with Crippen LogP contribution in [-0.2, 0) is 20.1 Å². The molecule has 7 heteroatoms. The normalized spacial score (nSPS) is 17.1. The summed E-state index contributed by atoms with van der Waals surface area (Å²) in [5.74, 6) is 0.343. The molecule has 1 aromatic heterocycles. The number of halogens is 1. The molecule has 1 heterocycles. The maximum absolute atomic E-state index is 13.5. The third-order valence-corrected chi connectivity index (χ3v) is 8.35. The van der Waals surface area contributed by atoms with E-state index in [0.29, 0.717) is 18.7 Å². The van der Waals surface area contributed by atoms with Crippen LogP contribution in [0.2, 0.25) is 0 Å². The standard InChI is InChI=1S/C31H48ClN3O3/c1-7-10-16-24(19-25(32)15-8-2)20-31(17-13-11-12-14-18-31)21-27-33-29(37)26(22-36)28(35(27)6)30(38)34(5)23(4)9-3/h8,16,19,23,36H,2,7,9-15,17-18,20-22H2,1,3-6H3/b24-16?,25-19+. The van der Waals surface area contributed by atoms with E-state index in [9.17, 15) is 14.7 Å². The number of hydrogen-bond donors (Lipinski definition) is 1. The molecule has 1 aliphatic carbocycles. The van der Waals surface area contributed by atoms with E-state index in [-0.39, 0.29) is 28.6 Å². The van der Waals surface area contributed by atoms with Crippen LogP contribution in [0.1, 0.15) is 113 Å². The number of hydrogen-bond acceptors (Lipinski definition) is 4. The molecule has 6 nitrogen and oxygen atoms in total. The van der Waals surface area contributed by atoms with Gasteiger partial charge < -0.3 is 14.6 Å². The number of unbranched alkanes of at least 4 members (excludes halogenated alkanes) is 1. The van der Waals surface area contributed by atoms with Crippen molar-refractivity contribution in [3.05, 3.63) is 62.8 Å². The highest BCUT2D eigenvalue weighted by Gasteiger charge is 2.35. The Morgan fingerprint density at radius 1 is 1.26 bits per heavy atom. The Balaban J connectivity index is 2.61. The number of carbonyl (C=O) groups excluding carboxylic acids is 1. The zero-order valence-electron chi connectivity index (χ0n) is 24.2. The molecule has 0 saturated heterocycles. The summed E-state index contributed by atoms with van der Waals surface area (Å²) in [6.45, 7) is 9.47. The van der Waals surface area contributed by atoms with E-state index < -0.39 is 12.2 Å². The van der Waals surface area contributed by atoms with Crippen LogP contribution in [-0.4, -0.2) is 38.6 Å². The Labute approximate surface area is 234 Å². The molecule has 1 N–H and O–H groups in total. The lowest BCUT2D eigenvalue weighted by molar-refractivity contribution is 0.0723. The lowest BCUT2D eigenvalue weighted by Gasteiger charge is -2.35. The van der Waals surface area contributed by atoms with Gasteiger partial charge in [-0.15, -0.1) is 6.58 Å². The second-order valence-electron chi connectivity index (χ2n) is 11.0. The quantitative estimate of drug-likeness (QED) is 0.167. The second kappa shape index (κ2) is 15.4. The summed E-state index contributed by atoms with van der Waals surface area (Å²) in [6.07, 6.45) is 17.8. The molecule has 38 heavy (non-hydrogen) atoms. The lowest BCUT2D eigenvalue weighted by atomic mass is 9.72. The minimum absolute atomic E-state index is 0.00678. The van der Waals surface area contributed by atoms with Crippen LogP contribution in [0.4, 0.5) is 0 Å². The van der Waals surface area contributed by atoms with Gasteiger partial charge in [-0.3, -0.25) is 9.59 Å². The lowest BCUT2D eigenvalue weighted by Crippen LogP contribution is -2.40. The van der Waals surface area contributed by atoms with Crippen molar-refractivity contribution in [1.82, 2.24) is 14.5 Å². The van der Waals surface area contributed by atoms with Gasteiger partial charge in [0.1, 0.15) is 11.5 Å². The average molecular weight is 546 g/mol. The van der Waals surface area contributed by atoms with Crippen LogP contribution in [0.5, 0.6) is 0 Å². The number of carbonyl (C=O) groups is 1. The Bertz CT molecular complexity index is 1060. The van der Waals surface area contributed by atoms with Crippen molar-refractivity contribution < 1.29 is 9.90 Å². The van der Waals surface area contributed by atoms with Gasteiger partial charge in [-0.05, 0) is 50.5 Å². The zero-order valence-corrected chi connectivity index (χ0v) is 24.9. The van der Waals surface area contributed by atoms with E-state index in [0.717, 1.165) is 56.4 Å². The van der Waals surface area contributed by atoms with E-state index >= 15 is 0 Å². The predicted octanol–water partition coefficient (Wildman–Crippen LogP) is 6.84. The van der Waals surface area contributed by atoms with E-state index in [2.05, 4.69) is 30.6 Å². The molecule has 0 bridgehead atoms. The number of nitrogens with zero attached hydrogens (tertiary/aromatic N) is 3. The monoisotopic (exact) mass is 545 g/mol. The molecule has 0 spiro atoms. The topological polar surface area (TPSA) is 75.4 Å². The first-order chi connectivity index (χ1) is 18.1. The first kappa shape index (κ1) is 32.0. The van der Waals surface area contributed by atoms with Gasteiger partial charge in [-0.25, -0.2) is 0 Å². The summed E-state index contributed by atoms with van der Waals surface area (Å²) < 4.78 is 1.76. The molecular weight excluding hydrogens is 498 g/mol. The smallest absolute Gasteiger partial charge is 0.279 e. The number of allylic oxidation sites excluding steroid dienone is 5. The summed E-state index contributed by atoms with van der Waals surface area (Å²) in [7, 11) is 3.55. The maximum Gasteiger partial charge on any atom is 0.279 e.